The van der Waals surface area contributed by atoms with Crippen LogP contribution in [-0.4, -0.2) is 45.2 Å². The predicted molar refractivity (Wildman–Crippen MR) is 95.0 cm³/mol. The van der Waals surface area contributed by atoms with E-state index < -0.39 is 29.5 Å². The third kappa shape index (κ3) is 2.08. The normalized spacial score (nSPS) is 49.9. The van der Waals surface area contributed by atoms with Crippen molar-refractivity contribution >= 4 is 11.6 Å². The van der Waals surface area contributed by atoms with Crippen LogP contribution in [0.3, 0.4) is 0 Å². The zero-order chi connectivity index (χ0) is 18.9. The van der Waals surface area contributed by atoms with E-state index in [1.165, 1.54) is 0 Å². The second kappa shape index (κ2) is 5.60. The molecule has 0 aliphatic heterocycles. The highest BCUT2D eigenvalue weighted by Crippen LogP contribution is 2.67. The Balaban J connectivity index is 1.75. The molecule has 0 unspecified atom stereocenters. The molecule has 0 aromatic carbocycles. The number of ketones is 2. The van der Waals surface area contributed by atoms with Crippen molar-refractivity contribution in [3.8, 4) is 0 Å². The van der Waals surface area contributed by atoms with Gasteiger partial charge in [-0.2, -0.15) is 0 Å². The molecule has 0 saturated heterocycles. The van der Waals surface area contributed by atoms with Crippen LogP contribution in [0.2, 0.25) is 0 Å². The van der Waals surface area contributed by atoms with Crippen LogP contribution >= 0.6 is 0 Å². The van der Waals surface area contributed by atoms with Gasteiger partial charge < -0.3 is 15.3 Å². The predicted octanol–water partition coefficient (Wildman–Crippen LogP) is 1.56. The molecule has 5 nitrogen and oxygen atoms in total. The van der Waals surface area contributed by atoms with E-state index in [4.69, 9.17) is 0 Å². The first kappa shape index (κ1) is 18.1. The van der Waals surface area contributed by atoms with Gasteiger partial charge in [-0.25, -0.2) is 0 Å². The van der Waals surface area contributed by atoms with E-state index >= 15 is 0 Å². The van der Waals surface area contributed by atoms with Gasteiger partial charge in [0.05, 0.1) is 6.10 Å². The van der Waals surface area contributed by atoms with Gasteiger partial charge in [-0.05, 0) is 56.1 Å². The number of allylic oxidation sites excluding steroid dienone is 4. The highest BCUT2D eigenvalue weighted by molar-refractivity contribution is 6.01. The Hall–Kier alpha value is -1.30. The Bertz CT molecular complexity index is 724. The molecular weight excluding hydrogens is 332 g/mol. The van der Waals surface area contributed by atoms with Crippen LogP contribution in [0.1, 0.15) is 46.0 Å². The van der Waals surface area contributed by atoms with Crippen LogP contribution in [0.15, 0.2) is 23.8 Å². The molecule has 7 atom stereocenters. The second-order valence-electron chi connectivity index (χ2n) is 9.19. The van der Waals surface area contributed by atoms with Crippen molar-refractivity contribution in [3.63, 3.8) is 0 Å². The summed E-state index contributed by atoms with van der Waals surface area (Å²) in [5, 5.41) is 31.7. The van der Waals surface area contributed by atoms with Crippen molar-refractivity contribution in [1.29, 1.82) is 0 Å². The minimum absolute atomic E-state index is 0.00912. The molecule has 0 amide bonds. The van der Waals surface area contributed by atoms with Crippen LogP contribution in [0.5, 0.6) is 0 Å². The molecule has 0 aromatic heterocycles. The number of hydrogen-bond acceptors (Lipinski definition) is 5. The fourth-order valence-electron chi connectivity index (χ4n) is 6.92. The third-order valence-corrected chi connectivity index (χ3v) is 8.25. The quantitative estimate of drug-likeness (QED) is 0.695. The first-order valence-electron chi connectivity index (χ1n) is 9.66. The molecule has 0 spiro atoms. The summed E-state index contributed by atoms with van der Waals surface area (Å²) >= 11 is 0. The molecular formula is C21H28O5. The third-order valence-electron chi connectivity index (χ3n) is 8.25. The van der Waals surface area contributed by atoms with Crippen molar-refractivity contribution in [2.24, 2.45) is 28.6 Å². The molecule has 0 heterocycles. The minimum atomic E-state index is -1.56. The first-order chi connectivity index (χ1) is 12.2. The monoisotopic (exact) mass is 360 g/mol. The lowest BCUT2D eigenvalue weighted by Gasteiger charge is -2.59. The number of hydrogen-bond donors (Lipinski definition) is 3. The molecule has 3 N–H and O–H groups in total. The lowest BCUT2D eigenvalue weighted by molar-refractivity contribution is -0.178. The Morgan fingerprint density at radius 2 is 2.04 bits per heavy atom. The average molecular weight is 360 g/mol. The largest absolute Gasteiger partial charge is 0.393 e. The second-order valence-corrected chi connectivity index (χ2v) is 9.19. The summed E-state index contributed by atoms with van der Waals surface area (Å²) in [4.78, 5) is 24.2. The maximum absolute atomic E-state index is 12.4. The summed E-state index contributed by atoms with van der Waals surface area (Å²) in [6.45, 7) is 3.34. The standard InChI is InChI=1S/C21H28O5/c1-19-7-5-13(23)9-12(19)3-4-14-15-6-8-21(26,17(25)11-22)20(15,2)10-16(24)18(14)19/h5,7,9,14-16,18,22,24,26H,3-4,6,8,10-11H2,1-2H3/t14-,15+,16+,18+,19-,20+,21+/m1/s1. The highest BCUT2D eigenvalue weighted by atomic mass is 16.3. The van der Waals surface area contributed by atoms with E-state index in [-0.39, 0.29) is 29.0 Å². The van der Waals surface area contributed by atoms with Crippen LogP contribution in [0.25, 0.3) is 0 Å². The van der Waals surface area contributed by atoms with Gasteiger partial charge in [0.25, 0.3) is 0 Å². The maximum atomic E-state index is 12.4. The van der Waals surface area contributed by atoms with E-state index in [1.54, 1.807) is 12.2 Å². The van der Waals surface area contributed by atoms with Gasteiger partial charge in [-0.3, -0.25) is 9.59 Å². The molecule has 4 aliphatic carbocycles. The topological polar surface area (TPSA) is 94.8 Å². The summed E-state index contributed by atoms with van der Waals surface area (Å²) in [5.74, 6) is -0.227. The van der Waals surface area contributed by atoms with Crippen LogP contribution in [-0.2, 0) is 9.59 Å². The van der Waals surface area contributed by atoms with Gasteiger partial charge in [0.2, 0.25) is 0 Å². The Morgan fingerprint density at radius 3 is 2.73 bits per heavy atom. The summed E-state index contributed by atoms with van der Waals surface area (Å²) in [6, 6.07) is 0. The van der Waals surface area contributed by atoms with Crippen LogP contribution in [0.4, 0.5) is 0 Å². The van der Waals surface area contributed by atoms with Gasteiger partial charge in [0.15, 0.2) is 11.6 Å². The van der Waals surface area contributed by atoms with E-state index in [0.717, 1.165) is 24.8 Å². The lowest BCUT2D eigenvalue weighted by Crippen LogP contribution is -2.61. The van der Waals surface area contributed by atoms with Crippen LogP contribution in [0, 0.1) is 28.6 Å². The molecule has 3 saturated carbocycles. The van der Waals surface area contributed by atoms with E-state index in [1.807, 2.05) is 13.0 Å². The molecule has 142 valence electrons. The van der Waals surface area contributed by atoms with E-state index in [0.29, 0.717) is 12.8 Å². The number of carbonyl (C=O) groups is 2. The number of fused-ring (bicyclic) bond motifs is 5. The minimum Gasteiger partial charge on any atom is -0.393 e. The number of Topliss-reactive ketones (excluding diaryl/α,β-unsaturated/α-hetero) is 1. The van der Waals surface area contributed by atoms with Gasteiger partial charge in [-0.1, -0.05) is 25.5 Å². The van der Waals surface area contributed by atoms with Crippen molar-refractivity contribution in [2.45, 2.75) is 57.7 Å². The number of rotatable bonds is 2. The van der Waals surface area contributed by atoms with Crippen LogP contribution < -0.4 is 0 Å². The zero-order valence-electron chi connectivity index (χ0n) is 15.4. The first-order valence-corrected chi connectivity index (χ1v) is 9.66. The molecule has 0 bridgehead atoms. The van der Waals surface area contributed by atoms with Gasteiger partial charge in [0.1, 0.15) is 12.2 Å². The van der Waals surface area contributed by atoms with Crippen molar-refractivity contribution in [3.05, 3.63) is 23.8 Å². The molecule has 26 heavy (non-hydrogen) atoms. The van der Waals surface area contributed by atoms with E-state index in [9.17, 15) is 24.9 Å². The summed E-state index contributed by atoms with van der Waals surface area (Å²) < 4.78 is 0. The fourth-order valence-corrected chi connectivity index (χ4v) is 6.92. The van der Waals surface area contributed by atoms with Gasteiger partial charge in [-0.15, -0.1) is 0 Å². The van der Waals surface area contributed by atoms with E-state index in [2.05, 4.69) is 6.92 Å². The molecule has 4 aliphatic rings. The zero-order valence-corrected chi connectivity index (χ0v) is 15.4. The highest BCUT2D eigenvalue weighted by Gasteiger charge is 2.67. The average Bonchev–Trinajstić information content (AvgIpc) is 2.86. The molecule has 0 aromatic rings. The summed E-state index contributed by atoms with van der Waals surface area (Å²) in [6.07, 6.45) is 7.68. The number of aliphatic hydroxyl groups is 3. The number of aliphatic hydroxyl groups excluding tert-OH is 2. The SMILES string of the molecule is C[C@]12C[C@H](O)[C@@H]3[C@H](CCC4=CC(=O)C=C[C@]43C)[C@@H]1CC[C@]2(O)C(=O)CO. The molecule has 3 fully saturated rings. The summed E-state index contributed by atoms with van der Waals surface area (Å²) in [5.41, 5.74) is -1.54. The smallest absolute Gasteiger partial charge is 0.190 e. The lowest BCUT2D eigenvalue weighted by atomic mass is 9.46. The van der Waals surface area contributed by atoms with Crippen molar-refractivity contribution in [2.75, 3.05) is 6.61 Å². The molecule has 5 heteroatoms. The van der Waals surface area contributed by atoms with Crippen molar-refractivity contribution < 1.29 is 24.9 Å². The Morgan fingerprint density at radius 1 is 1.31 bits per heavy atom. The molecule has 4 rings (SSSR count). The number of carbonyl (C=O) groups excluding carboxylic acids is 2. The molecule has 0 radical (unpaired) electrons. The Kier molecular flexibility index (Phi) is 3.89. The summed E-state index contributed by atoms with van der Waals surface area (Å²) in [7, 11) is 0. The maximum Gasteiger partial charge on any atom is 0.190 e. The Labute approximate surface area is 153 Å². The van der Waals surface area contributed by atoms with Crippen molar-refractivity contribution in [1.82, 2.24) is 0 Å². The van der Waals surface area contributed by atoms with Gasteiger partial charge in [0, 0.05) is 16.7 Å². The fraction of sp³-hybridized carbons (Fsp3) is 0.714. The van der Waals surface area contributed by atoms with Gasteiger partial charge >= 0.3 is 0 Å².